The van der Waals surface area contributed by atoms with Crippen LogP contribution in [-0.4, -0.2) is 31.5 Å². The molecule has 2 aromatic rings. The Morgan fingerprint density at radius 3 is 2.83 bits per heavy atom. The van der Waals surface area contributed by atoms with Crippen molar-refractivity contribution in [3.63, 3.8) is 0 Å². The third kappa shape index (κ3) is 2.11. The van der Waals surface area contributed by atoms with Gasteiger partial charge in [0, 0.05) is 18.8 Å². The first-order valence-electron chi connectivity index (χ1n) is 6.12. The van der Waals surface area contributed by atoms with Crippen LogP contribution in [-0.2, 0) is 4.74 Å². The highest BCUT2D eigenvalue weighted by atomic mass is 16.5. The van der Waals surface area contributed by atoms with Gasteiger partial charge in [0.25, 0.3) is 0 Å². The van der Waals surface area contributed by atoms with Crippen molar-refractivity contribution in [1.82, 2.24) is 5.16 Å². The molecule has 0 spiro atoms. The molecular formula is C14H15N2O2. The van der Waals surface area contributed by atoms with Crippen LogP contribution < -0.4 is 4.90 Å². The van der Waals surface area contributed by atoms with Crippen molar-refractivity contribution >= 4 is 5.69 Å². The van der Waals surface area contributed by atoms with E-state index in [1.165, 1.54) is 5.69 Å². The Labute approximate surface area is 106 Å². The third-order valence-electron chi connectivity index (χ3n) is 3.20. The zero-order valence-corrected chi connectivity index (χ0v) is 10.3. The molecule has 0 aliphatic carbocycles. The molecule has 18 heavy (non-hydrogen) atoms. The lowest BCUT2D eigenvalue weighted by atomic mass is 10.1. The van der Waals surface area contributed by atoms with Crippen molar-refractivity contribution in [2.24, 2.45) is 0 Å². The van der Waals surface area contributed by atoms with Gasteiger partial charge in [-0.3, -0.25) is 0 Å². The second-order valence-corrected chi connectivity index (χ2v) is 4.39. The molecule has 1 fully saturated rings. The van der Waals surface area contributed by atoms with Crippen molar-refractivity contribution in [3.8, 4) is 11.1 Å². The van der Waals surface area contributed by atoms with E-state index in [9.17, 15) is 0 Å². The van der Waals surface area contributed by atoms with Crippen molar-refractivity contribution in [2.75, 3.05) is 31.2 Å². The van der Waals surface area contributed by atoms with Gasteiger partial charge in [-0.2, -0.15) is 0 Å². The minimum Gasteiger partial charge on any atom is -0.378 e. The minimum absolute atomic E-state index is 0.794. The van der Waals surface area contributed by atoms with E-state index in [2.05, 4.69) is 40.6 Å². The van der Waals surface area contributed by atoms with Gasteiger partial charge < -0.3 is 14.2 Å². The van der Waals surface area contributed by atoms with Gasteiger partial charge in [0.1, 0.15) is 0 Å². The summed E-state index contributed by atoms with van der Waals surface area (Å²) in [6.07, 6.45) is 2.82. The van der Waals surface area contributed by atoms with E-state index in [1.54, 1.807) is 0 Å². The molecule has 1 aromatic heterocycles. The van der Waals surface area contributed by atoms with Gasteiger partial charge in [-0.05, 0) is 24.6 Å². The van der Waals surface area contributed by atoms with Gasteiger partial charge in [0.2, 0.25) is 6.26 Å². The second-order valence-electron chi connectivity index (χ2n) is 4.39. The molecule has 0 saturated carbocycles. The Kier molecular flexibility index (Phi) is 3.02. The Morgan fingerprint density at radius 2 is 2.11 bits per heavy atom. The number of anilines is 1. The second kappa shape index (κ2) is 4.82. The maximum absolute atomic E-state index is 5.37. The molecule has 4 heteroatoms. The van der Waals surface area contributed by atoms with E-state index >= 15 is 0 Å². The van der Waals surface area contributed by atoms with Gasteiger partial charge in [0.15, 0.2) is 0 Å². The fourth-order valence-corrected chi connectivity index (χ4v) is 2.20. The Balaban J connectivity index is 1.91. The first-order chi connectivity index (χ1) is 8.84. The van der Waals surface area contributed by atoms with Crippen molar-refractivity contribution < 1.29 is 9.26 Å². The van der Waals surface area contributed by atoms with Crippen molar-refractivity contribution in [3.05, 3.63) is 36.2 Å². The third-order valence-corrected chi connectivity index (χ3v) is 3.20. The number of hydrogen-bond donors (Lipinski definition) is 0. The highest BCUT2D eigenvalue weighted by molar-refractivity contribution is 5.69. The molecule has 1 saturated heterocycles. The van der Waals surface area contributed by atoms with E-state index in [0.29, 0.717) is 0 Å². The van der Waals surface area contributed by atoms with Crippen LogP contribution in [0.3, 0.4) is 0 Å². The monoisotopic (exact) mass is 243 g/mol. The Morgan fingerprint density at radius 1 is 1.28 bits per heavy atom. The molecule has 1 radical (unpaired) electrons. The molecule has 0 unspecified atom stereocenters. The van der Waals surface area contributed by atoms with E-state index in [4.69, 9.17) is 9.26 Å². The first kappa shape index (κ1) is 11.3. The summed E-state index contributed by atoms with van der Waals surface area (Å²) in [5.74, 6) is 0. The van der Waals surface area contributed by atoms with E-state index < -0.39 is 0 Å². The Bertz CT molecular complexity index is 530. The molecule has 93 valence electrons. The fraction of sp³-hybridized carbons (Fsp3) is 0.357. The van der Waals surface area contributed by atoms with E-state index in [0.717, 1.165) is 43.1 Å². The lowest BCUT2D eigenvalue weighted by molar-refractivity contribution is 0.122. The maximum Gasteiger partial charge on any atom is 0.213 e. The number of morpholine rings is 1. The summed E-state index contributed by atoms with van der Waals surface area (Å²) in [7, 11) is 0. The summed E-state index contributed by atoms with van der Waals surface area (Å²) in [4.78, 5) is 2.33. The molecule has 0 amide bonds. The SMILES string of the molecule is Cc1no[c]c1-c1cccc(N2CCOCC2)c1. The molecule has 3 rings (SSSR count). The largest absolute Gasteiger partial charge is 0.378 e. The Hall–Kier alpha value is -1.81. The standard InChI is InChI=1S/C14H15N2O2/c1-11-14(10-18-15-11)12-3-2-4-13(9-12)16-5-7-17-8-6-16/h2-4,9H,5-8H2,1H3. The van der Waals surface area contributed by atoms with Crippen LogP contribution in [0.15, 0.2) is 28.8 Å². The number of ether oxygens (including phenoxy) is 1. The average molecular weight is 243 g/mol. The van der Waals surface area contributed by atoms with Gasteiger partial charge in [0.05, 0.1) is 24.5 Å². The van der Waals surface area contributed by atoms with Crippen molar-refractivity contribution in [2.45, 2.75) is 6.92 Å². The average Bonchev–Trinajstić information content (AvgIpc) is 2.86. The zero-order valence-electron chi connectivity index (χ0n) is 10.3. The van der Waals surface area contributed by atoms with Gasteiger partial charge in [-0.1, -0.05) is 17.3 Å². The topological polar surface area (TPSA) is 38.5 Å². The van der Waals surface area contributed by atoms with Crippen LogP contribution in [0.5, 0.6) is 0 Å². The molecule has 0 N–H and O–H groups in total. The lowest BCUT2D eigenvalue weighted by Crippen LogP contribution is -2.36. The van der Waals surface area contributed by atoms with Crippen LogP contribution in [0.1, 0.15) is 5.69 Å². The summed E-state index contributed by atoms with van der Waals surface area (Å²) in [5, 5.41) is 3.87. The lowest BCUT2D eigenvalue weighted by Gasteiger charge is -2.29. The van der Waals surface area contributed by atoms with Gasteiger partial charge in [-0.25, -0.2) is 0 Å². The molecule has 0 bridgehead atoms. The van der Waals surface area contributed by atoms with E-state index in [1.807, 2.05) is 6.92 Å². The predicted octanol–water partition coefficient (Wildman–Crippen LogP) is 2.29. The quantitative estimate of drug-likeness (QED) is 0.811. The van der Waals surface area contributed by atoms with Gasteiger partial charge in [-0.15, -0.1) is 0 Å². The number of aromatic nitrogens is 1. The summed E-state index contributed by atoms with van der Waals surface area (Å²) < 4.78 is 10.2. The number of aryl methyl sites for hydroxylation is 1. The molecule has 4 nitrogen and oxygen atoms in total. The number of nitrogens with zero attached hydrogens (tertiary/aromatic N) is 2. The van der Waals surface area contributed by atoms with Crippen LogP contribution in [0.25, 0.3) is 11.1 Å². The normalized spacial score (nSPS) is 15.9. The summed E-state index contributed by atoms with van der Waals surface area (Å²) >= 11 is 0. The maximum atomic E-state index is 5.37. The summed E-state index contributed by atoms with van der Waals surface area (Å²) in [6.45, 7) is 5.40. The highest BCUT2D eigenvalue weighted by Gasteiger charge is 2.13. The predicted molar refractivity (Wildman–Crippen MR) is 68.5 cm³/mol. The first-order valence-corrected chi connectivity index (χ1v) is 6.12. The molecule has 1 aromatic carbocycles. The number of rotatable bonds is 2. The number of benzene rings is 1. The summed E-state index contributed by atoms with van der Waals surface area (Å²) in [6, 6.07) is 8.39. The van der Waals surface area contributed by atoms with Crippen LogP contribution >= 0.6 is 0 Å². The van der Waals surface area contributed by atoms with Crippen LogP contribution in [0.4, 0.5) is 5.69 Å². The minimum atomic E-state index is 0.794. The molecule has 1 aliphatic heterocycles. The summed E-state index contributed by atoms with van der Waals surface area (Å²) in [5.41, 5.74) is 4.11. The molecule has 1 aliphatic rings. The van der Waals surface area contributed by atoms with Gasteiger partial charge >= 0.3 is 0 Å². The zero-order chi connectivity index (χ0) is 12.4. The fourth-order valence-electron chi connectivity index (χ4n) is 2.20. The molecule has 0 atom stereocenters. The van der Waals surface area contributed by atoms with Crippen LogP contribution in [0, 0.1) is 13.2 Å². The molecule has 2 heterocycles. The van der Waals surface area contributed by atoms with Crippen LogP contribution in [0.2, 0.25) is 0 Å². The molecular weight excluding hydrogens is 228 g/mol. The number of hydrogen-bond acceptors (Lipinski definition) is 4. The smallest absolute Gasteiger partial charge is 0.213 e. The highest BCUT2D eigenvalue weighted by Crippen LogP contribution is 2.26. The van der Waals surface area contributed by atoms with Crippen molar-refractivity contribution in [1.29, 1.82) is 0 Å². The van der Waals surface area contributed by atoms with E-state index in [-0.39, 0.29) is 0 Å².